The normalized spacial score (nSPS) is 17.7. The highest BCUT2D eigenvalue weighted by atomic mass is 16.6. The molecule has 2 heterocycles. The first kappa shape index (κ1) is 16.1. The first-order valence-electron chi connectivity index (χ1n) is 8.69. The minimum atomic E-state index is 0.0697. The van der Waals surface area contributed by atoms with Gasteiger partial charge in [-0.1, -0.05) is 12.5 Å². The Morgan fingerprint density at radius 1 is 1.09 bits per heavy atom. The molecule has 3 rings (SSSR count). The Morgan fingerprint density at radius 3 is 2.70 bits per heavy atom. The van der Waals surface area contributed by atoms with E-state index in [1.807, 2.05) is 18.2 Å². The summed E-state index contributed by atoms with van der Waals surface area (Å²) in [7, 11) is 0. The molecule has 0 aromatic heterocycles. The van der Waals surface area contributed by atoms with Crippen molar-refractivity contribution in [2.75, 3.05) is 39.4 Å². The molecule has 0 aliphatic carbocycles. The first-order chi connectivity index (χ1) is 11.3. The molecule has 23 heavy (non-hydrogen) atoms. The summed E-state index contributed by atoms with van der Waals surface area (Å²) >= 11 is 0. The van der Waals surface area contributed by atoms with Gasteiger partial charge in [-0.3, -0.25) is 4.79 Å². The van der Waals surface area contributed by atoms with E-state index >= 15 is 0 Å². The number of fused-ring (bicyclic) bond motifs is 1. The van der Waals surface area contributed by atoms with Crippen LogP contribution in [-0.4, -0.2) is 50.2 Å². The number of carbonyl (C=O) groups is 1. The van der Waals surface area contributed by atoms with Gasteiger partial charge in [0.2, 0.25) is 5.91 Å². The van der Waals surface area contributed by atoms with Crippen LogP contribution in [0.4, 0.5) is 0 Å². The average Bonchev–Trinajstić information content (AvgIpc) is 2.59. The van der Waals surface area contributed by atoms with Gasteiger partial charge in [0.25, 0.3) is 0 Å². The van der Waals surface area contributed by atoms with Crippen LogP contribution in [0.1, 0.15) is 31.2 Å². The SMILES string of the molecule is O=C(Cc1ccc2c(c1)OCCO2)NCCCN1CCCCC1. The molecular formula is C18H26N2O3. The molecule has 0 spiro atoms. The third kappa shape index (κ3) is 4.86. The summed E-state index contributed by atoms with van der Waals surface area (Å²) in [6, 6.07) is 5.72. The first-order valence-corrected chi connectivity index (χ1v) is 8.69. The molecule has 0 radical (unpaired) electrons. The van der Waals surface area contributed by atoms with Gasteiger partial charge in [-0.25, -0.2) is 0 Å². The van der Waals surface area contributed by atoms with E-state index in [2.05, 4.69) is 10.2 Å². The maximum atomic E-state index is 12.0. The largest absolute Gasteiger partial charge is 0.486 e. The van der Waals surface area contributed by atoms with Crippen LogP contribution in [0.3, 0.4) is 0 Å². The summed E-state index contributed by atoms with van der Waals surface area (Å²) in [5, 5.41) is 3.01. The van der Waals surface area contributed by atoms with E-state index in [9.17, 15) is 4.79 Å². The summed E-state index contributed by atoms with van der Waals surface area (Å²) in [6.45, 7) is 5.42. The van der Waals surface area contributed by atoms with Gasteiger partial charge in [0.15, 0.2) is 11.5 Å². The maximum absolute atomic E-state index is 12.0. The molecule has 1 aromatic carbocycles. The minimum absolute atomic E-state index is 0.0697. The average molecular weight is 318 g/mol. The smallest absolute Gasteiger partial charge is 0.224 e. The molecule has 2 aliphatic rings. The van der Waals surface area contributed by atoms with Crippen LogP contribution in [-0.2, 0) is 11.2 Å². The van der Waals surface area contributed by atoms with Crippen molar-refractivity contribution in [1.82, 2.24) is 10.2 Å². The lowest BCUT2D eigenvalue weighted by Gasteiger charge is -2.26. The topological polar surface area (TPSA) is 50.8 Å². The second-order valence-corrected chi connectivity index (χ2v) is 6.26. The molecule has 1 N–H and O–H groups in total. The Hall–Kier alpha value is -1.75. The van der Waals surface area contributed by atoms with E-state index in [4.69, 9.17) is 9.47 Å². The molecule has 0 bridgehead atoms. The van der Waals surface area contributed by atoms with Gasteiger partial charge in [-0.2, -0.15) is 0 Å². The van der Waals surface area contributed by atoms with Crippen LogP contribution in [0.5, 0.6) is 11.5 Å². The fourth-order valence-electron chi connectivity index (χ4n) is 3.16. The lowest BCUT2D eigenvalue weighted by molar-refractivity contribution is -0.120. The fraction of sp³-hybridized carbons (Fsp3) is 0.611. The van der Waals surface area contributed by atoms with Crippen molar-refractivity contribution in [3.63, 3.8) is 0 Å². The Bertz CT molecular complexity index is 527. The summed E-state index contributed by atoms with van der Waals surface area (Å²) in [6.07, 6.45) is 5.41. The Kier molecular flexibility index (Phi) is 5.75. The summed E-state index contributed by atoms with van der Waals surface area (Å²) in [4.78, 5) is 14.5. The lowest BCUT2D eigenvalue weighted by atomic mass is 10.1. The number of amides is 1. The molecule has 5 nitrogen and oxygen atoms in total. The molecular weight excluding hydrogens is 292 g/mol. The second kappa shape index (κ2) is 8.20. The van der Waals surface area contributed by atoms with Crippen molar-refractivity contribution in [3.05, 3.63) is 23.8 Å². The number of hydrogen-bond donors (Lipinski definition) is 1. The van der Waals surface area contributed by atoms with Crippen molar-refractivity contribution in [2.24, 2.45) is 0 Å². The van der Waals surface area contributed by atoms with Crippen molar-refractivity contribution in [2.45, 2.75) is 32.1 Å². The highest BCUT2D eigenvalue weighted by Gasteiger charge is 2.13. The zero-order valence-corrected chi connectivity index (χ0v) is 13.7. The molecule has 2 aliphatic heterocycles. The van der Waals surface area contributed by atoms with Gasteiger partial charge >= 0.3 is 0 Å². The predicted molar refractivity (Wildman–Crippen MR) is 89.1 cm³/mol. The van der Waals surface area contributed by atoms with E-state index in [0.29, 0.717) is 19.6 Å². The van der Waals surface area contributed by atoms with Gasteiger partial charge in [-0.05, 0) is 56.6 Å². The molecule has 0 saturated carbocycles. The van der Waals surface area contributed by atoms with E-state index < -0.39 is 0 Å². The van der Waals surface area contributed by atoms with Gasteiger partial charge in [0, 0.05) is 6.54 Å². The molecule has 0 atom stereocenters. The van der Waals surface area contributed by atoms with Crippen LogP contribution in [0.2, 0.25) is 0 Å². The molecule has 0 unspecified atom stereocenters. The quantitative estimate of drug-likeness (QED) is 0.815. The number of likely N-dealkylation sites (tertiary alicyclic amines) is 1. The Balaban J connectivity index is 1.37. The monoisotopic (exact) mass is 318 g/mol. The molecule has 1 fully saturated rings. The van der Waals surface area contributed by atoms with Gasteiger partial charge in [0.1, 0.15) is 13.2 Å². The number of ether oxygens (including phenoxy) is 2. The van der Waals surface area contributed by atoms with Gasteiger partial charge in [-0.15, -0.1) is 0 Å². The van der Waals surface area contributed by atoms with Crippen molar-refractivity contribution in [1.29, 1.82) is 0 Å². The highest BCUT2D eigenvalue weighted by Crippen LogP contribution is 2.30. The predicted octanol–water partition coefficient (Wildman–Crippen LogP) is 1.99. The van der Waals surface area contributed by atoms with Crippen LogP contribution in [0, 0.1) is 0 Å². The zero-order valence-electron chi connectivity index (χ0n) is 13.7. The summed E-state index contributed by atoms with van der Waals surface area (Å²) in [5.74, 6) is 1.58. The standard InChI is InChI=1S/C18H26N2O3/c21-18(19-7-4-10-20-8-2-1-3-9-20)14-15-5-6-16-17(13-15)23-12-11-22-16/h5-6,13H,1-4,7-12,14H2,(H,19,21). The molecule has 5 heteroatoms. The third-order valence-electron chi connectivity index (χ3n) is 4.39. The van der Waals surface area contributed by atoms with Crippen LogP contribution in [0.15, 0.2) is 18.2 Å². The van der Waals surface area contributed by atoms with Crippen LogP contribution >= 0.6 is 0 Å². The summed E-state index contributed by atoms with van der Waals surface area (Å²) < 4.78 is 11.0. The van der Waals surface area contributed by atoms with E-state index in [0.717, 1.165) is 36.6 Å². The number of hydrogen-bond acceptors (Lipinski definition) is 4. The lowest BCUT2D eigenvalue weighted by Crippen LogP contribution is -2.33. The second-order valence-electron chi connectivity index (χ2n) is 6.26. The molecule has 1 aromatic rings. The fourth-order valence-corrected chi connectivity index (χ4v) is 3.16. The number of carbonyl (C=O) groups excluding carboxylic acids is 1. The number of nitrogens with zero attached hydrogens (tertiary/aromatic N) is 1. The highest BCUT2D eigenvalue weighted by molar-refractivity contribution is 5.78. The maximum Gasteiger partial charge on any atom is 0.224 e. The van der Waals surface area contributed by atoms with Crippen LogP contribution in [0.25, 0.3) is 0 Å². The Labute approximate surface area is 137 Å². The molecule has 126 valence electrons. The van der Waals surface area contributed by atoms with E-state index in [-0.39, 0.29) is 5.91 Å². The zero-order chi connectivity index (χ0) is 15.9. The van der Waals surface area contributed by atoms with Crippen LogP contribution < -0.4 is 14.8 Å². The van der Waals surface area contributed by atoms with Crippen molar-refractivity contribution >= 4 is 5.91 Å². The number of nitrogens with one attached hydrogen (secondary N) is 1. The van der Waals surface area contributed by atoms with Crippen molar-refractivity contribution in [3.8, 4) is 11.5 Å². The van der Waals surface area contributed by atoms with Gasteiger partial charge in [0.05, 0.1) is 6.42 Å². The van der Waals surface area contributed by atoms with E-state index in [1.165, 1.54) is 32.4 Å². The van der Waals surface area contributed by atoms with Gasteiger partial charge < -0.3 is 19.7 Å². The minimum Gasteiger partial charge on any atom is -0.486 e. The van der Waals surface area contributed by atoms with E-state index in [1.54, 1.807) is 0 Å². The van der Waals surface area contributed by atoms with Crippen molar-refractivity contribution < 1.29 is 14.3 Å². The molecule has 1 saturated heterocycles. The Morgan fingerprint density at radius 2 is 1.87 bits per heavy atom. The number of benzene rings is 1. The third-order valence-corrected chi connectivity index (χ3v) is 4.39. The number of rotatable bonds is 6. The summed E-state index contributed by atoms with van der Waals surface area (Å²) in [5.41, 5.74) is 0.961. The number of piperidine rings is 1. The molecule has 1 amide bonds.